The molecule has 108 valence electrons. The van der Waals surface area contributed by atoms with Crippen LogP contribution in [-0.2, 0) is 4.79 Å². The van der Waals surface area contributed by atoms with E-state index in [1.165, 1.54) is 6.20 Å². The summed E-state index contributed by atoms with van der Waals surface area (Å²) in [6.45, 7) is 0. The second-order valence-corrected chi connectivity index (χ2v) is 4.81. The Morgan fingerprint density at radius 2 is 2.14 bits per heavy atom. The molecule has 7 heteroatoms. The van der Waals surface area contributed by atoms with Crippen molar-refractivity contribution < 1.29 is 9.53 Å². The maximum atomic E-state index is 12.2. The number of nitrogens with one attached hydrogen (secondary N) is 2. The summed E-state index contributed by atoms with van der Waals surface area (Å²) in [5, 5.41) is 12.8. The van der Waals surface area contributed by atoms with E-state index < -0.39 is 6.10 Å². The van der Waals surface area contributed by atoms with E-state index >= 15 is 0 Å². The first-order valence-electron chi connectivity index (χ1n) is 6.70. The number of aromatic amines is 1. The molecule has 4 rings (SSSR count). The third-order valence-electron chi connectivity index (χ3n) is 3.39. The molecule has 0 bridgehead atoms. The number of carbonyl (C=O) groups is 1. The summed E-state index contributed by atoms with van der Waals surface area (Å²) in [4.78, 5) is 16.5. The van der Waals surface area contributed by atoms with Crippen LogP contribution in [0.1, 0.15) is 11.8 Å². The van der Waals surface area contributed by atoms with Gasteiger partial charge in [0.2, 0.25) is 6.10 Å². The van der Waals surface area contributed by atoms with Gasteiger partial charge in [-0.05, 0) is 30.3 Å². The SMILES string of the molecule is O=C1Nc2cc(-c3ccccn3)ccc2OC1c1c[nH]nn1. The van der Waals surface area contributed by atoms with Crippen molar-refractivity contribution in [2.45, 2.75) is 6.10 Å². The van der Waals surface area contributed by atoms with Crippen molar-refractivity contribution in [2.24, 2.45) is 0 Å². The number of ether oxygens (including phenoxy) is 1. The Hall–Kier alpha value is -3.22. The van der Waals surface area contributed by atoms with Crippen LogP contribution in [0.15, 0.2) is 48.8 Å². The molecule has 3 heterocycles. The number of rotatable bonds is 2. The number of carbonyl (C=O) groups excluding carboxylic acids is 1. The molecule has 0 radical (unpaired) electrons. The number of anilines is 1. The van der Waals surface area contributed by atoms with Crippen LogP contribution >= 0.6 is 0 Å². The molecule has 0 aliphatic carbocycles. The van der Waals surface area contributed by atoms with Gasteiger partial charge >= 0.3 is 0 Å². The Morgan fingerprint density at radius 3 is 2.91 bits per heavy atom. The minimum Gasteiger partial charge on any atom is -0.472 e. The number of amides is 1. The van der Waals surface area contributed by atoms with Gasteiger partial charge in [0.25, 0.3) is 5.91 Å². The van der Waals surface area contributed by atoms with Crippen LogP contribution in [-0.4, -0.2) is 26.3 Å². The first-order chi connectivity index (χ1) is 10.8. The lowest BCUT2D eigenvalue weighted by Crippen LogP contribution is -2.30. The molecule has 1 aliphatic rings. The van der Waals surface area contributed by atoms with Crippen LogP contribution in [0.2, 0.25) is 0 Å². The van der Waals surface area contributed by atoms with E-state index in [4.69, 9.17) is 4.74 Å². The average Bonchev–Trinajstić information content (AvgIpc) is 3.09. The van der Waals surface area contributed by atoms with Crippen molar-refractivity contribution in [3.8, 4) is 17.0 Å². The summed E-state index contributed by atoms with van der Waals surface area (Å²) >= 11 is 0. The monoisotopic (exact) mass is 293 g/mol. The lowest BCUT2D eigenvalue weighted by Gasteiger charge is -2.24. The molecule has 1 aliphatic heterocycles. The minimum absolute atomic E-state index is 0.278. The van der Waals surface area contributed by atoms with E-state index in [2.05, 4.69) is 25.7 Å². The molecule has 7 nitrogen and oxygen atoms in total. The molecular formula is C15H11N5O2. The number of hydrogen-bond acceptors (Lipinski definition) is 5. The van der Waals surface area contributed by atoms with Crippen molar-refractivity contribution >= 4 is 11.6 Å². The second kappa shape index (κ2) is 4.96. The van der Waals surface area contributed by atoms with Gasteiger partial charge in [-0.2, -0.15) is 0 Å². The third-order valence-corrected chi connectivity index (χ3v) is 3.39. The van der Waals surface area contributed by atoms with Gasteiger partial charge in [0.1, 0.15) is 11.4 Å². The normalized spacial score (nSPS) is 16.5. The van der Waals surface area contributed by atoms with Gasteiger partial charge in [-0.25, -0.2) is 0 Å². The lowest BCUT2D eigenvalue weighted by atomic mass is 10.1. The zero-order chi connectivity index (χ0) is 14.9. The molecule has 1 atom stereocenters. The number of H-pyrrole nitrogens is 1. The molecule has 0 spiro atoms. The summed E-state index contributed by atoms with van der Waals surface area (Å²) in [5.41, 5.74) is 2.80. The molecule has 22 heavy (non-hydrogen) atoms. The van der Waals surface area contributed by atoms with E-state index in [9.17, 15) is 4.79 Å². The molecule has 1 amide bonds. The predicted molar refractivity (Wildman–Crippen MR) is 78.1 cm³/mol. The molecule has 1 aromatic carbocycles. The van der Waals surface area contributed by atoms with Crippen LogP contribution in [0.25, 0.3) is 11.3 Å². The van der Waals surface area contributed by atoms with E-state index in [1.807, 2.05) is 36.4 Å². The maximum absolute atomic E-state index is 12.2. The van der Waals surface area contributed by atoms with Gasteiger partial charge < -0.3 is 10.1 Å². The van der Waals surface area contributed by atoms with Crippen molar-refractivity contribution in [2.75, 3.05) is 5.32 Å². The number of benzene rings is 1. The first-order valence-corrected chi connectivity index (χ1v) is 6.70. The van der Waals surface area contributed by atoms with Crippen LogP contribution in [0.3, 0.4) is 0 Å². The second-order valence-electron chi connectivity index (χ2n) is 4.81. The molecular weight excluding hydrogens is 282 g/mol. The molecule has 0 fully saturated rings. The highest BCUT2D eigenvalue weighted by Gasteiger charge is 2.31. The zero-order valence-electron chi connectivity index (χ0n) is 11.4. The van der Waals surface area contributed by atoms with Crippen molar-refractivity contribution in [3.05, 3.63) is 54.5 Å². The summed E-state index contributed by atoms with van der Waals surface area (Å²) < 4.78 is 5.72. The van der Waals surface area contributed by atoms with Crippen LogP contribution in [0, 0.1) is 0 Å². The standard InChI is InChI=1S/C15H11N5O2/c21-15-14(12-8-17-20-19-12)22-13-5-4-9(7-11(13)18-15)10-3-1-2-6-16-10/h1-8,14H,(H,18,21)(H,17,19,20). The molecule has 3 aromatic rings. The van der Waals surface area contributed by atoms with Crippen LogP contribution in [0.4, 0.5) is 5.69 Å². The van der Waals surface area contributed by atoms with E-state index in [-0.39, 0.29) is 5.91 Å². The highest BCUT2D eigenvalue weighted by atomic mass is 16.5. The summed E-state index contributed by atoms with van der Waals surface area (Å²) in [5.74, 6) is 0.312. The quantitative estimate of drug-likeness (QED) is 0.753. The summed E-state index contributed by atoms with van der Waals surface area (Å²) in [7, 11) is 0. The van der Waals surface area contributed by atoms with Crippen molar-refractivity contribution in [1.82, 2.24) is 20.4 Å². The fourth-order valence-corrected chi connectivity index (χ4v) is 2.34. The predicted octanol–water partition coefficient (Wildman–Crippen LogP) is 1.94. The fraction of sp³-hybridized carbons (Fsp3) is 0.0667. The van der Waals surface area contributed by atoms with Crippen molar-refractivity contribution in [3.63, 3.8) is 0 Å². The Kier molecular flexibility index (Phi) is 2.82. The average molecular weight is 293 g/mol. The lowest BCUT2D eigenvalue weighted by molar-refractivity contribution is -0.123. The maximum Gasteiger partial charge on any atom is 0.272 e. The van der Waals surface area contributed by atoms with Gasteiger partial charge in [-0.1, -0.05) is 11.3 Å². The van der Waals surface area contributed by atoms with Gasteiger partial charge in [0, 0.05) is 18.0 Å². The highest BCUT2D eigenvalue weighted by molar-refractivity contribution is 5.98. The van der Waals surface area contributed by atoms with Gasteiger partial charge in [0.05, 0.1) is 11.4 Å². The van der Waals surface area contributed by atoms with Gasteiger partial charge in [-0.15, -0.1) is 5.10 Å². The number of fused-ring (bicyclic) bond motifs is 1. The molecule has 0 saturated carbocycles. The van der Waals surface area contributed by atoms with Crippen LogP contribution < -0.4 is 10.1 Å². The highest BCUT2D eigenvalue weighted by Crippen LogP contribution is 2.36. The Balaban J connectivity index is 1.69. The fourth-order valence-electron chi connectivity index (χ4n) is 2.34. The topological polar surface area (TPSA) is 92.8 Å². The zero-order valence-corrected chi connectivity index (χ0v) is 11.4. The number of nitrogens with zero attached hydrogens (tertiary/aromatic N) is 3. The molecule has 0 saturated heterocycles. The number of hydrogen-bond donors (Lipinski definition) is 2. The van der Waals surface area contributed by atoms with Gasteiger partial charge in [0.15, 0.2) is 0 Å². The Bertz CT molecular complexity index is 817. The summed E-state index contributed by atoms with van der Waals surface area (Å²) in [6.07, 6.45) is 2.47. The van der Waals surface area contributed by atoms with E-state index in [1.54, 1.807) is 6.20 Å². The van der Waals surface area contributed by atoms with E-state index in [0.717, 1.165) is 11.3 Å². The molecule has 2 N–H and O–H groups in total. The smallest absolute Gasteiger partial charge is 0.272 e. The number of pyridine rings is 1. The first kappa shape index (κ1) is 12.5. The Morgan fingerprint density at radius 1 is 1.18 bits per heavy atom. The summed E-state index contributed by atoms with van der Waals surface area (Å²) in [6, 6.07) is 11.2. The molecule has 1 unspecified atom stereocenters. The van der Waals surface area contributed by atoms with Crippen LogP contribution in [0.5, 0.6) is 5.75 Å². The molecule has 2 aromatic heterocycles. The largest absolute Gasteiger partial charge is 0.472 e. The number of aromatic nitrogens is 4. The van der Waals surface area contributed by atoms with Crippen molar-refractivity contribution in [1.29, 1.82) is 0 Å². The Labute approximate surface area is 125 Å². The third kappa shape index (κ3) is 2.08. The van der Waals surface area contributed by atoms with E-state index in [0.29, 0.717) is 17.1 Å². The minimum atomic E-state index is -0.799. The van der Waals surface area contributed by atoms with Gasteiger partial charge in [-0.3, -0.25) is 14.9 Å².